The molecular weight excluding hydrogens is 288 g/mol. The van der Waals surface area contributed by atoms with Crippen LogP contribution in [0.1, 0.15) is 33.6 Å². The van der Waals surface area contributed by atoms with E-state index in [4.69, 9.17) is 11.6 Å². The number of nitrogens with zero attached hydrogens (tertiary/aromatic N) is 1. The van der Waals surface area contributed by atoms with Gasteiger partial charge in [-0.05, 0) is 31.0 Å². The molecule has 2 aliphatic rings. The molecule has 0 unspecified atom stereocenters. The summed E-state index contributed by atoms with van der Waals surface area (Å²) >= 11 is 6.18. The summed E-state index contributed by atoms with van der Waals surface area (Å²) in [6.45, 7) is 0.497. The number of fused-ring (bicyclic) bond motifs is 1. The van der Waals surface area contributed by atoms with Crippen LogP contribution in [-0.2, 0) is 0 Å². The molecule has 1 saturated carbocycles. The summed E-state index contributed by atoms with van der Waals surface area (Å²) in [4.78, 5) is 25.9. The second-order valence-corrected chi connectivity index (χ2v) is 6.58. The van der Waals surface area contributed by atoms with Gasteiger partial charge >= 0.3 is 0 Å². The lowest BCUT2D eigenvalue weighted by atomic mass is 9.94. The summed E-state index contributed by atoms with van der Waals surface area (Å²) in [6, 6.07) is 5.19. The Hall–Kier alpha value is -1.81. The van der Waals surface area contributed by atoms with Crippen molar-refractivity contribution in [2.24, 2.45) is 0 Å². The molecule has 0 bridgehead atoms. The Morgan fingerprint density at radius 3 is 2.71 bits per heavy atom. The first-order chi connectivity index (χ1) is 9.90. The van der Waals surface area contributed by atoms with Crippen LogP contribution in [0.15, 0.2) is 30.0 Å². The van der Waals surface area contributed by atoms with E-state index in [1.807, 2.05) is 19.0 Å². The van der Waals surface area contributed by atoms with Gasteiger partial charge in [0.25, 0.3) is 0 Å². The average molecular weight is 305 g/mol. The maximum atomic E-state index is 12.5. The van der Waals surface area contributed by atoms with E-state index in [0.717, 1.165) is 5.69 Å². The smallest absolute Gasteiger partial charge is 0.194 e. The Balaban J connectivity index is 1.96. The maximum absolute atomic E-state index is 12.5. The Kier molecular flexibility index (Phi) is 3.29. The predicted molar refractivity (Wildman–Crippen MR) is 83.2 cm³/mol. The van der Waals surface area contributed by atoms with Gasteiger partial charge in [-0.25, -0.2) is 0 Å². The fraction of sp³-hybridized carbons (Fsp3) is 0.375. The topological polar surface area (TPSA) is 49.4 Å². The van der Waals surface area contributed by atoms with Gasteiger partial charge in [0.2, 0.25) is 0 Å². The first kappa shape index (κ1) is 14.1. The number of rotatable bonds is 3. The van der Waals surface area contributed by atoms with Gasteiger partial charge in [0.15, 0.2) is 11.6 Å². The van der Waals surface area contributed by atoms with Crippen LogP contribution in [0.4, 0.5) is 5.69 Å². The highest BCUT2D eigenvalue weighted by atomic mass is 35.5. The Bertz CT molecular complexity index is 660. The first-order valence-electron chi connectivity index (χ1n) is 6.94. The van der Waals surface area contributed by atoms with Gasteiger partial charge in [-0.3, -0.25) is 9.59 Å². The van der Waals surface area contributed by atoms with E-state index in [2.05, 4.69) is 5.32 Å². The molecule has 5 heteroatoms. The lowest BCUT2D eigenvalue weighted by Gasteiger charge is -2.21. The largest absolute Gasteiger partial charge is 0.383 e. The second kappa shape index (κ2) is 4.88. The number of alkyl halides is 1. The van der Waals surface area contributed by atoms with Crippen LogP contribution < -0.4 is 5.32 Å². The molecule has 0 saturated heterocycles. The highest BCUT2D eigenvalue weighted by Gasteiger charge is 2.48. The molecule has 3 rings (SSSR count). The number of halogens is 1. The number of hydrogen-bond acceptors (Lipinski definition) is 4. The molecule has 1 fully saturated rings. The number of hydrogen-bond donors (Lipinski definition) is 1. The van der Waals surface area contributed by atoms with Crippen molar-refractivity contribution in [1.82, 2.24) is 4.90 Å². The van der Waals surface area contributed by atoms with E-state index in [1.165, 1.54) is 0 Å². The van der Waals surface area contributed by atoms with E-state index < -0.39 is 4.87 Å². The molecule has 1 N–H and O–H groups in total. The minimum atomic E-state index is -0.734. The van der Waals surface area contributed by atoms with Gasteiger partial charge < -0.3 is 10.2 Å². The fourth-order valence-corrected chi connectivity index (χ4v) is 2.69. The van der Waals surface area contributed by atoms with Gasteiger partial charge in [-0.1, -0.05) is 0 Å². The van der Waals surface area contributed by atoms with Gasteiger partial charge in [0, 0.05) is 49.2 Å². The molecule has 110 valence electrons. The van der Waals surface area contributed by atoms with Gasteiger partial charge in [0.05, 0.1) is 0 Å². The van der Waals surface area contributed by atoms with Crippen molar-refractivity contribution >= 4 is 28.9 Å². The molecule has 0 aromatic heterocycles. The Morgan fingerprint density at radius 1 is 1.38 bits per heavy atom. The number of Topliss-reactive ketones (excluding diaryl/α,β-unsaturated/α-hetero) is 2. The van der Waals surface area contributed by atoms with Crippen molar-refractivity contribution in [3.05, 3.63) is 41.1 Å². The molecule has 0 spiro atoms. The third-order valence-corrected chi connectivity index (χ3v) is 4.35. The van der Waals surface area contributed by atoms with Gasteiger partial charge in [-0.2, -0.15) is 0 Å². The molecule has 1 aliphatic carbocycles. The van der Waals surface area contributed by atoms with Crippen LogP contribution in [0.5, 0.6) is 0 Å². The minimum absolute atomic E-state index is 0.0356. The number of carbonyl (C=O) groups is 2. The highest BCUT2D eigenvalue weighted by Crippen LogP contribution is 2.45. The summed E-state index contributed by atoms with van der Waals surface area (Å²) < 4.78 is 0. The maximum Gasteiger partial charge on any atom is 0.194 e. The van der Waals surface area contributed by atoms with Crippen LogP contribution in [0, 0.1) is 0 Å². The Morgan fingerprint density at radius 2 is 2.10 bits per heavy atom. The molecule has 0 radical (unpaired) electrons. The van der Waals surface area contributed by atoms with E-state index in [1.54, 1.807) is 24.4 Å². The molecule has 21 heavy (non-hydrogen) atoms. The van der Waals surface area contributed by atoms with E-state index in [9.17, 15) is 9.59 Å². The van der Waals surface area contributed by atoms with Crippen LogP contribution in [0.2, 0.25) is 0 Å². The summed E-state index contributed by atoms with van der Waals surface area (Å²) in [5.41, 5.74) is 2.51. The summed E-state index contributed by atoms with van der Waals surface area (Å²) in [5.74, 6) is -0.116. The van der Waals surface area contributed by atoms with Crippen molar-refractivity contribution in [3.8, 4) is 0 Å². The lowest BCUT2D eigenvalue weighted by Crippen LogP contribution is -2.24. The average Bonchev–Trinajstić information content (AvgIpc) is 3.20. The minimum Gasteiger partial charge on any atom is -0.383 e. The number of carbonyl (C=O) groups excluding carboxylic acids is 2. The normalized spacial score (nSPS) is 20.7. The van der Waals surface area contributed by atoms with Gasteiger partial charge in [0.1, 0.15) is 4.87 Å². The van der Waals surface area contributed by atoms with Gasteiger partial charge in [-0.15, -0.1) is 11.6 Å². The third kappa shape index (κ3) is 2.56. The molecular formula is C16H17ClN2O2. The van der Waals surface area contributed by atoms with Crippen LogP contribution >= 0.6 is 11.6 Å². The van der Waals surface area contributed by atoms with Crippen LogP contribution in [-0.4, -0.2) is 42.0 Å². The van der Waals surface area contributed by atoms with E-state index >= 15 is 0 Å². The standard InChI is InChI=1S/C16H17ClN2O2/c1-19(2)9-11-8-18-13-4-3-10(7-12(13)14(11)20)15(21)16(17)5-6-16/h3-4,7,9,18H,5-6,8H2,1-2H3/b11-9-. The zero-order chi connectivity index (χ0) is 15.2. The van der Waals surface area contributed by atoms with Crippen molar-refractivity contribution in [3.63, 3.8) is 0 Å². The van der Waals surface area contributed by atoms with E-state index in [-0.39, 0.29) is 11.6 Å². The predicted octanol–water partition coefficient (Wildman–Crippen LogP) is 2.69. The molecule has 4 nitrogen and oxygen atoms in total. The molecule has 1 aromatic rings. The summed E-state index contributed by atoms with van der Waals surface area (Å²) in [6.07, 6.45) is 3.22. The van der Waals surface area contributed by atoms with Crippen molar-refractivity contribution in [2.75, 3.05) is 26.0 Å². The zero-order valence-electron chi connectivity index (χ0n) is 12.1. The Labute approximate surface area is 128 Å². The quantitative estimate of drug-likeness (QED) is 0.530. The molecule has 0 atom stereocenters. The third-order valence-electron chi connectivity index (χ3n) is 3.80. The molecule has 0 amide bonds. The van der Waals surface area contributed by atoms with E-state index in [0.29, 0.717) is 36.1 Å². The zero-order valence-corrected chi connectivity index (χ0v) is 12.8. The summed E-state index contributed by atoms with van der Waals surface area (Å²) in [7, 11) is 3.75. The van der Waals surface area contributed by atoms with Crippen LogP contribution in [0.3, 0.4) is 0 Å². The fourth-order valence-electron chi connectivity index (χ4n) is 2.48. The monoisotopic (exact) mass is 304 g/mol. The molecule has 1 aliphatic heterocycles. The lowest BCUT2D eigenvalue weighted by molar-refractivity contribution is 0.0978. The first-order valence-corrected chi connectivity index (χ1v) is 7.32. The van der Waals surface area contributed by atoms with Crippen molar-refractivity contribution in [2.45, 2.75) is 17.7 Å². The van der Waals surface area contributed by atoms with Crippen molar-refractivity contribution in [1.29, 1.82) is 0 Å². The summed E-state index contributed by atoms with van der Waals surface area (Å²) in [5, 5.41) is 3.21. The second-order valence-electron chi connectivity index (χ2n) is 5.86. The number of benzene rings is 1. The molecule has 1 aromatic carbocycles. The number of nitrogens with one attached hydrogen (secondary N) is 1. The van der Waals surface area contributed by atoms with Crippen molar-refractivity contribution < 1.29 is 9.59 Å². The number of anilines is 1. The highest BCUT2D eigenvalue weighted by molar-refractivity contribution is 6.40. The SMILES string of the molecule is CN(C)/C=C1/CNc2ccc(C(=O)C3(Cl)CC3)cc2C1=O. The molecule has 1 heterocycles. The van der Waals surface area contributed by atoms with Crippen LogP contribution in [0.25, 0.3) is 0 Å². The number of ketones is 2.